The van der Waals surface area contributed by atoms with E-state index in [0.29, 0.717) is 22.5 Å². The van der Waals surface area contributed by atoms with Crippen LogP contribution in [0.2, 0.25) is 0 Å². The van der Waals surface area contributed by atoms with Gasteiger partial charge in [0.25, 0.3) is 5.91 Å². The molecule has 31 heavy (non-hydrogen) atoms. The molecule has 0 bridgehead atoms. The number of anilines is 1. The molecule has 0 aliphatic rings. The predicted molar refractivity (Wildman–Crippen MR) is 113 cm³/mol. The van der Waals surface area contributed by atoms with Crippen LogP contribution in [0.15, 0.2) is 47.1 Å². The molecule has 2 aromatic heterocycles. The summed E-state index contributed by atoms with van der Waals surface area (Å²) in [6.07, 6.45) is 0.343. The summed E-state index contributed by atoms with van der Waals surface area (Å²) >= 11 is 0. The van der Waals surface area contributed by atoms with E-state index in [9.17, 15) is 19.2 Å². The van der Waals surface area contributed by atoms with Crippen molar-refractivity contribution >= 4 is 29.1 Å². The van der Waals surface area contributed by atoms with Crippen LogP contribution in [-0.4, -0.2) is 34.5 Å². The SMILES string of the molecule is CC(=O)c1c(C)[nH]c(C(=O)C(C)OC(=O)c2ccc(NC(=O)c3ccco3)cc2)c1C. The van der Waals surface area contributed by atoms with E-state index < -0.39 is 23.8 Å². The molecular formula is C23H22N2O6. The van der Waals surface area contributed by atoms with Crippen molar-refractivity contribution in [2.75, 3.05) is 5.32 Å². The summed E-state index contributed by atoms with van der Waals surface area (Å²) in [7, 11) is 0. The summed E-state index contributed by atoms with van der Waals surface area (Å²) in [5.41, 5.74) is 2.54. The standard InChI is InChI=1S/C23H22N2O6/c1-12-19(14(3)26)13(2)24-20(12)21(27)15(4)31-23(29)16-7-9-17(10-8-16)25-22(28)18-6-5-11-30-18/h5-11,15,24H,1-4H3,(H,25,28). The second-order valence-electron chi connectivity index (χ2n) is 7.10. The Kier molecular flexibility index (Phi) is 6.20. The molecule has 160 valence electrons. The second kappa shape index (κ2) is 8.83. The van der Waals surface area contributed by atoms with Gasteiger partial charge in [0.1, 0.15) is 0 Å². The van der Waals surface area contributed by atoms with E-state index in [1.54, 1.807) is 32.0 Å². The maximum absolute atomic E-state index is 12.7. The number of rotatable bonds is 7. The van der Waals surface area contributed by atoms with Gasteiger partial charge in [0.05, 0.1) is 17.5 Å². The zero-order chi connectivity index (χ0) is 22.7. The minimum Gasteiger partial charge on any atom is -0.459 e. The van der Waals surface area contributed by atoms with Gasteiger partial charge in [-0.15, -0.1) is 0 Å². The highest BCUT2D eigenvalue weighted by molar-refractivity contribution is 6.06. The number of hydrogen-bond donors (Lipinski definition) is 2. The summed E-state index contributed by atoms with van der Waals surface area (Å²) in [5, 5.41) is 2.64. The van der Waals surface area contributed by atoms with E-state index >= 15 is 0 Å². The number of esters is 1. The Morgan fingerprint density at radius 2 is 1.74 bits per heavy atom. The van der Waals surface area contributed by atoms with Gasteiger partial charge >= 0.3 is 5.97 Å². The fraction of sp³-hybridized carbons (Fsp3) is 0.217. The van der Waals surface area contributed by atoms with Crippen LogP contribution in [0, 0.1) is 13.8 Å². The molecule has 1 amide bonds. The number of carbonyl (C=O) groups is 4. The number of ketones is 2. The van der Waals surface area contributed by atoms with Crippen molar-refractivity contribution in [2.24, 2.45) is 0 Å². The van der Waals surface area contributed by atoms with Crippen LogP contribution in [0.25, 0.3) is 0 Å². The Hall–Kier alpha value is -3.94. The molecule has 0 fully saturated rings. The first kappa shape index (κ1) is 21.8. The van der Waals surface area contributed by atoms with E-state index in [0.717, 1.165) is 0 Å². The monoisotopic (exact) mass is 422 g/mol. The minimum atomic E-state index is -1.05. The van der Waals surface area contributed by atoms with Crippen LogP contribution in [0.5, 0.6) is 0 Å². The van der Waals surface area contributed by atoms with Gasteiger partial charge in [-0.05, 0) is 69.7 Å². The highest BCUT2D eigenvalue weighted by atomic mass is 16.5. The zero-order valence-electron chi connectivity index (χ0n) is 17.6. The number of Topliss-reactive ketones (excluding diaryl/α,β-unsaturated/α-hetero) is 2. The average molecular weight is 422 g/mol. The van der Waals surface area contributed by atoms with Crippen molar-refractivity contribution in [3.8, 4) is 0 Å². The van der Waals surface area contributed by atoms with Gasteiger partial charge in [0, 0.05) is 16.9 Å². The highest BCUT2D eigenvalue weighted by Crippen LogP contribution is 2.21. The zero-order valence-corrected chi connectivity index (χ0v) is 17.6. The average Bonchev–Trinajstić information content (AvgIpc) is 3.36. The van der Waals surface area contributed by atoms with Crippen LogP contribution in [0.3, 0.4) is 0 Å². The van der Waals surface area contributed by atoms with E-state index in [2.05, 4.69) is 10.3 Å². The number of benzene rings is 1. The lowest BCUT2D eigenvalue weighted by Gasteiger charge is -2.12. The largest absolute Gasteiger partial charge is 0.459 e. The number of amides is 1. The normalized spacial score (nSPS) is 11.6. The van der Waals surface area contributed by atoms with Crippen LogP contribution >= 0.6 is 0 Å². The molecule has 0 aliphatic carbocycles. The molecular weight excluding hydrogens is 400 g/mol. The lowest BCUT2D eigenvalue weighted by molar-refractivity contribution is 0.0317. The van der Waals surface area contributed by atoms with Crippen LogP contribution in [0.4, 0.5) is 5.69 Å². The number of aryl methyl sites for hydroxylation is 1. The quantitative estimate of drug-likeness (QED) is 0.437. The molecule has 1 unspecified atom stereocenters. The van der Waals surface area contributed by atoms with Crippen molar-refractivity contribution in [2.45, 2.75) is 33.8 Å². The summed E-state index contributed by atoms with van der Waals surface area (Å²) in [4.78, 5) is 51.8. The summed E-state index contributed by atoms with van der Waals surface area (Å²) < 4.78 is 10.3. The first-order valence-corrected chi connectivity index (χ1v) is 9.59. The molecule has 0 saturated heterocycles. The molecule has 1 aromatic carbocycles. The first-order valence-electron chi connectivity index (χ1n) is 9.59. The molecule has 8 heteroatoms. The number of H-pyrrole nitrogens is 1. The van der Waals surface area contributed by atoms with Crippen molar-refractivity contribution < 1.29 is 28.3 Å². The van der Waals surface area contributed by atoms with Crippen LogP contribution in [-0.2, 0) is 4.74 Å². The van der Waals surface area contributed by atoms with Crippen molar-refractivity contribution in [1.82, 2.24) is 4.98 Å². The molecule has 3 rings (SSSR count). The maximum Gasteiger partial charge on any atom is 0.338 e. The Bertz CT molecular complexity index is 1140. The van der Waals surface area contributed by atoms with Gasteiger partial charge in [-0.2, -0.15) is 0 Å². The number of ether oxygens (including phenoxy) is 1. The third kappa shape index (κ3) is 4.63. The number of aromatic nitrogens is 1. The Morgan fingerprint density at radius 1 is 1.06 bits per heavy atom. The molecule has 0 saturated carbocycles. The number of nitrogens with one attached hydrogen (secondary N) is 2. The number of hydrogen-bond acceptors (Lipinski definition) is 6. The molecule has 2 heterocycles. The maximum atomic E-state index is 12.7. The second-order valence-corrected chi connectivity index (χ2v) is 7.10. The summed E-state index contributed by atoms with van der Waals surface area (Å²) in [6, 6.07) is 9.19. The van der Waals surface area contributed by atoms with Gasteiger partial charge in [-0.1, -0.05) is 0 Å². The predicted octanol–water partition coefficient (Wildman–Crippen LogP) is 4.11. The van der Waals surface area contributed by atoms with Crippen molar-refractivity contribution in [3.63, 3.8) is 0 Å². The lowest BCUT2D eigenvalue weighted by atomic mass is 10.0. The third-order valence-corrected chi connectivity index (χ3v) is 4.81. The fourth-order valence-electron chi connectivity index (χ4n) is 3.30. The smallest absolute Gasteiger partial charge is 0.338 e. The van der Waals surface area contributed by atoms with Gasteiger partial charge in [0.15, 0.2) is 17.6 Å². The number of aromatic amines is 1. The number of carbonyl (C=O) groups excluding carboxylic acids is 4. The topological polar surface area (TPSA) is 118 Å². The Labute approximate surface area is 178 Å². The Balaban J connectivity index is 1.65. The van der Waals surface area contributed by atoms with Gasteiger partial charge in [-0.25, -0.2) is 4.79 Å². The van der Waals surface area contributed by atoms with Crippen molar-refractivity contribution in [1.29, 1.82) is 0 Å². The molecule has 0 spiro atoms. The van der Waals surface area contributed by atoms with Crippen LogP contribution in [0.1, 0.15) is 66.9 Å². The van der Waals surface area contributed by atoms with E-state index in [4.69, 9.17) is 9.15 Å². The molecule has 0 radical (unpaired) electrons. The van der Waals surface area contributed by atoms with E-state index in [1.165, 1.54) is 38.3 Å². The fourth-order valence-corrected chi connectivity index (χ4v) is 3.30. The highest BCUT2D eigenvalue weighted by Gasteiger charge is 2.26. The van der Waals surface area contributed by atoms with E-state index in [1.807, 2.05) is 0 Å². The molecule has 8 nitrogen and oxygen atoms in total. The van der Waals surface area contributed by atoms with Crippen LogP contribution < -0.4 is 5.32 Å². The Morgan fingerprint density at radius 3 is 2.29 bits per heavy atom. The molecule has 2 N–H and O–H groups in total. The minimum absolute atomic E-state index is 0.144. The third-order valence-electron chi connectivity index (χ3n) is 4.81. The van der Waals surface area contributed by atoms with Crippen molar-refractivity contribution in [3.05, 3.63) is 76.5 Å². The van der Waals surface area contributed by atoms with Gasteiger partial charge in [0.2, 0.25) is 5.78 Å². The van der Waals surface area contributed by atoms with E-state index in [-0.39, 0.29) is 22.8 Å². The summed E-state index contributed by atoms with van der Waals surface area (Å²) in [5.74, 6) is -1.50. The summed E-state index contributed by atoms with van der Waals surface area (Å²) in [6.45, 7) is 6.30. The molecule has 1 atom stereocenters. The van der Waals surface area contributed by atoms with Gasteiger partial charge < -0.3 is 19.5 Å². The first-order chi connectivity index (χ1) is 14.7. The molecule has 3 aromatic rings. The molecule has 0 aliphatic heterocycles. The van der Waals surface area contributed by atoms with Gasteiger partial charge in [-0.3, -0.25) is 14.4 Å². The lowest BCUT2D eigenvalue weighted by Crippen LogP contribution is -2.25. The number of furan rings is 1.